The number of benzene rings is 2. The van der Waals surface area contributed by atoms with Gasteiger partial charge in [0, 0.05) is 23.4 Å². The normalized spacial score (nSPS) is 11.1. The predicted octanol–water partition coefficient (Wildman–Crippen LogP) is 4.55. The quantitative estimate of drug-likeness (QED) is 0.397. The summed E-state index contributed by atoms with van der Waals surface area (Å²) >= 11 is 0. The van der Waals surface area contributed by atoms with Gasteiger partial charge in [0.25, 0.3) is 0 Å². The fraction of sp³-hybridized carbons (Fsp3) is 0.192. The molecule has 0 aliphatic heterocycles. The highest BCUT2D eigenvalue weighted by Crippen LogP contribution is 2.32. The largest absolute Gasteiger partial charge is 0.383 e. The second kappa shape index (κ2) is 9.02. The van der Waals surface area contributed by atoms with Crippen LogP contribution in [0.25, 0.3) is 11.0 Å². The van der Waals surface area contributed by atoms with Crippen LogP contribution in [0.1, 0.15) is 58.7 Å². The van der Waals surface area contributed by atoms with E-state index in [0.717, 1.165) is 5.56 Å². The maximum atomic E-state index is 13.8. The highest BCUT2D eigenvalue weighted by molar-refractivity contribution is 6.19. The number of aromatic nitrogens is 3. The number of urea groups is 1. The molecule has 0 aliphatic carbocycles. The van der Waals surface area contributed by atoms with Gasteiger partial charge in [0.05, 0.1) is 22.3 Å². The number of primary amides is 1. The van der Waals surface area contributed by atoms with Crippen molar-refractivity contribution in [3.63, 3.8) is 0 Å². The number of amides is 2. The zero-order valence-corrected chi connectivity index (χ0v) is 19.9. The summed E-state index contributed by atoms with van der Waals surface area (Å²) in [6, 6.07) is 10.9. The molecule has 0 saturated heterocycles. The minimum absolute atomic E-state index is 0.0455. The lowest BCUT2D eigenvalue weighted by Crippen LogP contribution is -2.31. The molecule has 9 heteroatoms. The Labute approximate surface area is 202 Å². The Morgan fingerprint density at radius 2 is 1.63 bits per heavy atom. The third-order valence-electron chi connectivity index (χ3n) is 5.92. The van der Waals surface area contributed by atoms with Crippen LogP contribution in [0.5, 0.6) is 0 Å². The summed E-state index contributed by atoms with van der Waals surface area (Å²) in [5, 5.41) is 0.489. The molecular weight excluding hydrogens is 444 g/mol. The van der Waals surface area contributed by atoms with E-state index in [2.05, 4.69) is 9.97 Å². The molecule has 0 unspecified atom stereocenters. The number of nitrogen functional groups attached to an aromatic ring is 1. The third-order valence-corrected chi connectivity index (χ3v) is 5.92. The molecule has 0 atom stereocenters. The van der Waals surface area contributed by atoms with E-state index in [1.807, 2.05) is 25.3 Å². The van der Waals surface area contributed by atoms with Crippen molar-refractivity contribution in [1.82, 2.24) is 14.5 Å². The van der Waals surface area contributed by atoms with Gasteiger partial charge < -0.3 is 16.0 Å². The van der Waals surface area contributed by atoms with Gasteiger partial charge in [0.2, 0.25) is 0 Å². The lowest BCUT2D eigenvalue weighted by molar-refractivity contribution is 0.101. The SMILES string of the molecule is CC(=O)c1ccc(N(C(N)=O)c2ccc(C)c(C(=O)c3cn(C(C)C)c4ncnc(N)c34)c2)cc1. The van der Waals surface area contributed by atoms with Gasteiger partial charge >= 0.3 is 6.03 Å². The van der Waals surface area contributed by atoms with Crippen molar-refractivity contribution < 1.29 is 14.4 Å². The molecule has 4 rings (SSSR count). The molecule has 4 aromatic rings. The maximum absolute atomic E-state index is 13.8. The fourth-order valence-corrected chi connectivity index (χ4v) is 4.06. The highest BCUT2D eigenvalue weighted by Gasteiger charge is 2.24. The molecular formula is C26H26N6O3. The Hall–Kier alpha value is -4.53. The van der Waals surface area contributed by atoms with Crippen LogP contribution < -0.4 is 16.4 Å². The molecule has 0 fully saturated rings. The summed E-state index contributed by atoms with van der Waals surface area (Å²) < 4.78 is 1.88. The third kappa shape index (κ3) is 4.23. The van der Waals surface area contributed by atoms with E-state index in [-0.39, 0.29) is 23.4 Å². The fourth-order valence-electron chi connectivity index (χ4n) is 4.06. The average Bonchev–Trinajstić information content (AvgIpc) is 3.21. The first-order valence-corrected chi connectivity index (χ1v) is 11.1. The number of hydrogen-bond acceptors (Lipinski definition) is 6. The first kappa shape index (κ1) is 23.6. The van der Waals surface area contributed by atoms with Crippen molar-refractivity contribution in [3.8, 4) is 0 Å². The van der Waals surface area contributed by atoms with Crippen molar-refractivity contribution in [3.05, 3.63) is 77.2 Å². The summed E-state index contributed by atoms with van der Waals surface area (Å²) in [4.78, 5) is 47.5. The van der Waals surface area contributed by atoms with E-state index < -0.39 is 6.03 Å². The molecule has 2 amide bonds. The second-order valence-corrected chi connectivity index (χ2v) is 8.61. The first-order valence-electron chi connectivity index (χ1n) is 11.1. The number of nitrogens with two attached hydrogens (primary N) is 2. The molecule has 0 aliphatic rings. The van der Waals surface area contributed by atoms with E-state index in [1.165, 1.54) is 18.2 Å². The molecule has 178 valence electrons. The van der Waals surface area contributed by atoms with Gasteiger partial charge in [-0.1, -0.05) is 6.07 Å². The predicted molar refractivity (Wildman–Crippen MR) is 135 cm³/mol. The molecule has 4 N–H and O–H groups in total. The van der Waals surface area contributed by atoms with Crippen molar-refractivity contribution in [2.45, 2.75) is 33.7 Å². The van der Waals surface area contributed by atoms with E-state index in [0.29, 0.717) is 39.1 Å². The molecule has 0 spiro atoms. The summed E-state index contributed by atoms with van der Waals surface area (Å²) in [6.07, 6.45) is 3.11. The van der Waals surface area contributed by atoms with Crippen LogP contribution >= 0.6 is 0 Å². The monoisotopic (exact) mass is 470 g/mol. The zero-order chi connectivity index (χ0) is 25.4. The number of aryl methyl sites for hydroxylation is 1. The molecule has 0 bridgehead atoms. The summed E-state index contributed by atoms with van der Waals surface area (Å²) in [7, 11) is 0. The Morgan fingerprint density at radius 1 is 0.971 bits per heavy atom. The molecule has 2 aromatic heterocycles. The summed E-state index contributed by atoms with van der Waals surface area (Å²) in [5.41, 5.74) is 15.3. The first-order chi connectivity index (χ1) is 16.6. The minimum atomic E-state index is -0.725. The molecule has 35 heavy (non-hydrogen) atoms. The minimum Gasteiger partial charge on any atom is -0.383 e. The Balaban J connectivity index is 1.83. The summed E-state index contributed by atoms with van der Waals surface area (Å²) in [5.74, 6) is -0.142. The van der Waals surface area contributed by atoms with Gasteiger partial charge in [0.15, 0.2) is 11.6 Å². The van der Waals surface area contributed by atoms with Gasteiger partial charge in [-0.15, -0.1) is 0 Å². The van der Waals surface area contributed by atoms with Gasteiger partial charge in [-0.25, -0.2) is 14.8 Å². The van der Waals surface area contributed by atoms with E-state index in [9.17, 15) is 14.4 Å². The van der Waals surface area contributed by atoms with Crippen LogP contribution in [0.3, 0.4) is 0 Å². The number of anilines is 3. The Morgan fingerprint density at radius 3 is 2.23 bits per heavy atom. The van der Waals surface area contributed by atoms with Gasteiger partial charge in [-0.05, 0) is 69.7 Å². The van der Waals surface area contributed by atoms with E-state index >= 15 is 0 Å². The lowest BCUT2D eigenvalue weighted by Gasteiger charge is -2.22. The number of fused-ring (bicyclic) bond motifs is 1. The van der Waals surface area contributed by atoms with Crippen LogP contribution in [0.4, 0.5) is 22.0 Å². The van der Waals surface area contributed by atoms with Crippen LogP contribution in [-0.2, 0) is 0 Å². The second-order valence-electron chi connectivity index (χ2n) is 8.61. The number of nitrogens with zero attached hydrogens (tertiary/aromatic N) is 4. The molecule has 0 radical (unpaired) electrons. The topological polar surface area (TPSA) is 137 Å². The average molecular weight is 471 g/mol. The van der Waals surface area contributed by atoms with Crippen LogP contribution in [0.15, 0.2) is 55.0 Å². The number of rotatable bonds is 6. The molecule has 2 heterocycles. The molecule has 2 aromatic carbocycles. The number of carbonyl (C=O) groups is 3. The van der Waals surface area contributed by atoms with Gasteiger partial charge in [-0.2, -0.15) is 0 Å². The Bertz CT molecular complexity index is 1470. The molecule has 9 nitrogen and oxygen atoms in total. The molecule has 0 saturated carbocycles. The number of ketones is 2. The highest BCUT2D eigenvalue weighted by atomic mass is 16.2. The van der Waals surface area contributed by atoms with Crippen LogP contribution in [-0.4, -0.2) is 32.1 Å². The number of hydrogen-bond donors (Lipinski definition) is 2. The Kier molecular flexibility index (Phi) is 6.09. The van der Waals surface area contributed by atoms with Crippen molar-refractivity contribution in [1.29, 1.82) is 0 Å². The van der Waals surface area contributed by atoms with Gasteiger partial charge in [0.1, 0.15) is 17.8 Å². The van der Waals surface area contributed by atoms with Crippen molar-refractivity contribution in [2.75, 3.05) is 10.6 Å². The maximum Gasteiger partial charge on any atom is 0.323 e. The van der Waals surface area contributed by atoms with E-state index in [1.54, 1.807) is 48.7 Å². The van der Waals surface area contributed by atoms with Gasteiger partial charge in [-0.3, -0.25) is 14.5 Å². The van der Waals surface area contributed by atoms with Crippen molar-refractivity contribution in [2.24, 2.45) is 5.73 Å². The number of Topliss-reactive ketones (excluding diaryl/α,β-unsaturated/α-hetero) is 1. The summed E-state index contributed by atoms with van der Waals surface area (Å²) in [6.45, 7) is 7.25. The lowest BCUT2D eigenvalue weighted by atomic mass is 9.98. The van der Waals surface area contributed by atoms with Crippen LogP contribution in [0, 0.1) is 6.92 Å². The number of carbonyl (C=O) groups excluding carboxylic acids is 3. The zero-order valence-electron chi connectivity index (χ0n) is 19.9. The van der Waals surface area contributed by atoms with Crippen molar-refractivity contribution >= 4 is 45.8 Å². The standard InChI is InChI=1S/C26H26N6O3/c1-14(2)31-12-21(22-24(27)29-13-30-25(22)31)23(34)20-11-19(8-5-15(20)3)32(26(28)35)18-9-6-17(7-10-18)16(4)33/h5-14H,1-4H3,(H2,28,35)(H2,27,29,30). The van der Waals surface area contributed by atoms with E-state index in [4.69, 9.17) is 11.5 Å². The van der Waals surface area contributed by atoms with Crippen LogP contribution in [0.2, 0.25) is 0 Å². The smallest absolute Gasteiger partial charge is 0.323 e.